The zero-order valence-electron chi connectivity index (χ0n) is 11.7. The molecule has 8 nitrogen and oxygen atoms in total. The number of allylic oxidation sites excluding steroid dienone is 4. The number of quaternary nitrogens is 2. The molecule has 114 valence electrons. The number of anilines is 1. The van der Waals surface area contributed by atoms with Crippen LogP contribution >= 0.6 is 0 Å². The zero-order valence-corrected chi connectivity index (χ0v) is 11.7. The molecule has 0 saturated carbocycles. The van der Waals surface area contributed by atoms with Crippen LogP contribution in [0, 0.1) is 10.4 Å². The summed E-state index contributed by atoms with van der Waals surface area (Å²) in [5, 5.41) is 41.4. The largest absolute Gasteiger partial charge is 0.595 e. The van der Waals surface area contributed by atoms with Crippen LogP contribution in [-0.4, -0.2) is 16.6 Å². The Labute approximate surface area is 122 Å². The van der Waals surface area contributed by atoms with Gasteiger partial charge in [-0.15, -0.1) is 0 Å². The number of hydrazone groups is 1. The van der Waals surface area contributed by atoms with Gasteiger partial charge in [0, 0.05) is 6.07 Å². The van der Waals surface area contributed by atoms with E-state index in [-0.39, 0.29) is 17.1 Å². The lowest BCUT2D eigenvalue weighted by molar-refractivity contribution is -0.996. The fourth-order valence-electron chi connectivity index (χ4n) is 1.45. The molecule has 8 heteroatoms. The molecule has 0 bridgehead atoms. The first kappa shape index (κ1) is 17.0. The van der Waals surface area contributed by atoms with Gasteiger partial charge in [0.2, 0.25) is 0 Å². The molecule has 0 aliphatic rings. The van der Waals surface area contributed by atoms with Crippen LogP contribution in [0.25, 0.3) is 0 Å². The average molecular weight is 294 g/mol. The third-order valence-corrected chi connectivity index (χ3v) is 2.50. The molecule has 1 aromatic rings. The van der Waals surface area contributed by atoms with E-state index in [2.05, 4.69) is 10.5 Å². The van der Waals surface area contributed by atoms with Crippen LogP contribution in [0.2, 0.25) is 0 Å². The summed E-state index contributed by atoms with van der Waals surface area (Å²) in [6, 6.07) is 3.77. The maximum atomic E-state index is 11.1. The van der Waals surface area contributed by atoms with E-state index in [1.54, 1.807) is 0 Å². The van der Waals surface area contributed by atoms with E-state index >= 15 is 0 Å². The van der Waals surface area contributed by atoms with Gasteiger partial charge in [0.05, 0.1) is 12.3 Å². The molecule has 21 heavy (non-hydrogen) atoms. The van der Waals surface area contributed by atoms with E-state index in [0.717, 1.165) is 11.6 Å². The predicted octanol–water partition coefficient (Wildman–Crippen LogP) is 0.414. The number of hydrogen-bond donors (Lipinski definition) is 5. The summed E-state index contributed by atoms with van der Waals surface area (Å²) in [5.41, 5.74) is 3.46. The third-order valence-electron chi connectivity index (χ3n) is 2.50. The van der Waals surface area contributed by atoms with Crippen LogP contribution in [0.1, 0.15) is 13.8 Å². The predicted molar refractivity (Wildman–Crippen MR) is 78.7 cm³/mol. The molecule has 2 unspecified atom stereocenters. The highest BCUT2D eigenvalue weighted by Gasteiger charge is 2.13. The highest BCUT2D eigenvalue weighted by molar-refractivity contribution is 5.79. The minimum Gasteiger partial charge on any atom is -0.595 e. The van der Waals surface area contributed by atoms with Gasteiger partial charge in [0.1, 0.15) is 5.69 Å². The fraction of sp³-hybridized carbons (Fsp3) is 0.154. The molecule has 0 heterocycles. The molecule has 0 fully saturated rings. The first-order valence-corrected chi connectivity index (χ1v) is 6.15. The molecule has 0 amide bonds. The smallest absolute Gasteiger partial charge is 0.195 e. The molecule has 1 rings (SSSR count). The van der Waals surface area contributed by atoms with E-state index in [1.807, 2.05) is 32.1 Å². The zero-order chi connectivity index (χ0) is 15.8. The van der Waals surface area contributed by atoms with E-state index < -0.39 is 10.5 Å². The molecule has 2 atom stereocenters. The van der Waals surface area contributed by atoms with Crippen LogP contribution in [0.5, 0.6) is 0 Å². The summed E-state index contributed by atoms with van der Waals surface area (Å²) >= 11 is 0. The summed E-state index contributed by atoms with van der Waals surface area (Å²) in [6.45, 7) is 3.74. The SMILES string of the molecule is CC=CC=C(C)C=NNc1ccc([NH+]([O-])O)cc1[NH+]([O-])O. The van der Waals surface area contributed by atoms with Crippen molar-refractivity contribution in [2.75, 3.05) is 5.43 Å². The molecule has 5 N–H and O–H groups in total. The lowest BCUT2D eigenvalue weighted by Gasteiger charge is -2.17. The highest BCUT2D eigenvalue weighted by Crippen LogP contribution is 2.20. The van der Waals surface area contributed by atoms with Gasteiger partial charge in [-0.05, 0) is 25.5 Å². The first-order chi connectivity index (χ1) is 9.95. The Bertz CT molecular complexity index is 553. The van der Waals surface area contributed by atoms with Gasteiger partial charge in [0.25, 0.3) is 0 Å². The Morgan fingerprint density at radius 1 is 1.29 bits per heavy atom. The Kier molecular flexibility index (Phi) is 6.69. The number of benzene rings is 1. The van der Waals surface area contributed by atoms with Crippen LogP contribution in [0.3, 0.4) is 0 Å². The third kappa shape index (κ3) is 5.44. The van der Waals surface area contributed by atoms with Crippen molar-refractivity contribution in [1.29, 1.82) is 0 Å². The molecule has 0 radical (unpaired) electrons. The lowest BCUT2D eigenvalue weighted by Crippen LogP contribution is -3.00. The van der Waals surface area contributed by atoms with Crippen LogP contribution in [0.15, 0.2) is 47.1 Å². The second kappa shape index (κ2) is 8.27. The standard InChI is InChI=1S/C13H18N4O4/c1-3-4-5-10(2)9-14-15-12-7-6-11(16(18)19)8-13(12)17(20)21/h3-9,15-18,20H,1-2H3. The van der Waals surface area contributed by atoms with Gasteiger partial charge in [-0.25, -0.2) is 10.4 Å². The second-order valence-corrected chi connectivity index (χ2v) is 4.18. The molecule has 0 aromatic heterocycles. The van der Waals surface area contributed by atoms with Gasteiger partial charge in [-0.2, -0.15) is 15.6 Å². The quantitative estimate of drug-likeness (QED) is 0.296. The number of nitrogens with zero attached hydrogens (tertiary/aromatic N) is 1. The van der Waals surface area contributed by atoms with E-state index in [9.17, 15) is 10.4 Å². The molecular formula is C13H18N4O4. The molecule has 1 aromatic carbocycles. The van der Waals surface area contributed by atoms with Crippen molar-refractivity contribution in [3.63, 3.8) is 0 Å². The number of hydrogen-bond acceptors (Lipinski definition) is 6. The van der Waals surface area contributed by atoms with E-state index in [0.29, 0.717) is 0 Å². The monoisotopic (exact) mass is 294 g/mol. The summed E-state index contributed by atoms with van der Waals surface area (Å²) in [6.07, 6.45) is 7.11. The molecule has 0 saturated heterocycles. The summed E-state index contributed by atoms with van der Waals surface area (Å²) in [7, 11) is 0. The molecular weight excluding hydrogens is 276 g/mol. The Balaban J connectivity index is 2.90. The maximum Gasteiger partial charge on any atom is 0.195 e. The Morgan fingerprint density at radius 3 is 2.57 bits per heavy atom. The first-order valence-electron chi connectivity index (χ1n) is 6.15. The van der Waals surface area contributed by atoms with Crippen molar-refractivity contribution >= 4 is 23.3 Å². The Hall–Kier alpha value is -2.07. The van der Waals surface area contributed by atoms with E-state index in [4.69, 9.17) is 10.4 Å². The van der Waals surface area contributed by atoms with Crippen molar-refractivity contribution in [1.82, 2.24) is 0 Å². The minimum absolute atomic E-state index is 0.0916. The number of nitrogens with one attached hydrogen (secondary N) is 3. The topological polar surface area (TPSA) is 120 Å². The van der Waals surface area contributed by atoms with Crippen molar-refractivity contribution in [2.24, 2.45) is 5.10 Å². The maximum absolute atomic E-state index is 11.1. The normalized spacial score (nSPS) is 15.6. The summed E-state index contributed by atoms with van der Waals surface area (Å²) in [4.78, 5) is 0. The molecule has 0 spiro atoms. The molecule has 0 aliphatic heterocycles. The van der Waals surface area contributed by atoms with Crippen molar-refractivity contribution in [3.8, 4) is 0 Å². The van der Waals surface area contributed by atoms with Gasteiger partial charge in [0.15, 0.2) is 11.4 Å². The molecule has 0 aliphatic carbocycles. The fourth-order valence-corrected chi connectivity index (χ4v) is 1.45. The van der Waals surface area contributed by atoms with Crippen molar-refractivity contribution in [3.05, 3.63) is 52.4 Å². The van der Waals surface area contributed by atoms with Crippen LogP contribution in [0.4, 0.5) is 17.1 Å². The van der Waals surface area contributed by atoms with Gasteiger partial charge < -0.3 is 10.4 Å². The summed E-state index contributed by atoms with van der Waals surface area (Å²) in [5.74, 6) is 0. The van der Waals surface area contributed by atoms with Gasteiger partial charge in [-0.1, -0.05) is 18.2 Å². The van der Waals surface area contributed by atoms with Gasteiger partial charge >= 0.3 is 0 Å². The second-order valence-electron chi connectivity index (χ2n) is 4.18. The summed E-state index contributed by atoms with van der Waals surface area (Å²) < 4.78 is 0. The minimum atomic E-state index is -1.23. The van der Waals surface area contributed by atoms with Crippen LogP contribution in [-0.2, 0) is 0 Å². The van der Waals surface area contributed by atoms with Gasteiger partial charge in [-0.3, -0.25) is 5.43 Å². The highest BCUT2D eigenvalue weighted by atomic mass is 16.8. The van der Waals surface area contributed by atoms with E-state index in [1.165, 1.54) is 18.3 Å². The number of rotatable bonds is 6. The van der Waals surface area contributed by atoms with Crippen molar-refractivity contribution < 1.29 is 20.9 Å². The lowest BCUT2D eigenvalue weighted by atomic mass is 10.2. The Morgan fingerprint density at radius 2 is 2.00 bits per heavy atom. The average Bonchev–Trinajstić information content (AvgIpc) is 2.44. The van der Waals surface area contributed by atoms with Crippen LogP contribution < -0.4 is 15.9 Å². The van der Waals surface area contributed by atoms with Crippen molar-refractivity contribution in [2.45, 2.75) is 13.8 Å².